The van der Waals surface area contributed by atoms with Gasteiger partial charge in [-0.25, -0.2) is 15.0 Å². The first-order valence-electron chi connectivity index (χ1n) is 9.85. The third-order valence-electron chi connectivity index (χ3n) is 4.91. The minimum atomic E-state index is -5.03. The summed E-state index contributed by atoms with van der Waals surface area (Å²) in [6.45, 7) is 0.520. The number of hydrogen-bond acceptors (Lipinski definition) is 12. The third-order valence-corrected chi connectivity index (χ3v) is 5.39. The second-order valence-electron chi connectivity index (χ2n) is 7.18. The van der Waals surface area contributed by atoms with Crippen LogP contribution >= 0.6 is 7.82 Å². The molecule has 1 fully saturated rings. The summed E-state index contributed by atoms with van der Waals surface area (Å²) in [6.07, 6.45) is -0.379. The Morgan fingerprint density at radius 3 is 2.66 bits per heavy atom. The van der Waals surface area contributed by atoms with E-state index < -0.39 is 39.0 Å². The molecule has 1 aliphatic rings. The smallest absolute Gasteiger partial charge is 0.756 e. The number of imidazole rings is 1. The second kappa shape index (κ2) is 11.7. The molecule has 5 atom stereocenters. The van der Waals surface area contributed by atoms with Crippen molar-refractivity contribution in [3.8, 4) is 0 Å². The molecule has 3 rings (SSSR count). The van der Waals surface area contributed by atoms with Gasteiger partial charge in [0.25, 0.3) is 7.82 Å². The van der Waals surface area contributed by atoms with Crippen LogP contribution in [0.1, 0.15) is 31.9 Å². The van der Waals surface area contributed by atoms with Crippen LogP contribution in [0.3, 0.4) is 0 Å². The minimum absolute atomic E-state index is 0. The predicted molar refractivity (Wildman–Crippen MR) is 107 cm³/mol. The molecule has 0 amide bonds. The number of aliphatic hydroxyl groups excluding tert-OH is 2. The Balaban J connectivity index is 0.00000363. The van der Waals surface area contributed by atoms with Crippen molar-refractivity contribution in [1.29, 1.82) is 0 Å². The standard InChI is InChI=1S/C16H28N7O7P.Li/c17-5-3-1-2-4-6-19-16-22-10-13(18)20-8-21-14(10)23(16)15-12(25)11(24)9(30-15)7-29-31(26,27)28;/h8-9,11-12,15,24-25H,1-7,17H2,(H,19,22)(H2,18,20,21)(H2,26,27,28);/q;+1/p-1/t9-,11-,12-,15-;/m1./s1. The van der Waals surface area contributed by atoms with Crippen LogP contribution in [0.5, 0.6) is 0 Å². The first-order valence-corrected chi connectivity index (χ1v) is 11.3. The van der Waals surface area contributed by atoms with E-state index in [4.69, 9.17) is 21.1 Å². The molecule has 1 saturated heterocycles. The van der Waals surface area contributed by atoms with Crippen LogP contribution in [0.25, 0.3) is 11.2 Å². The fraction of sp³-hybridized carbons (Fsp3) is 0.688. The molecule has 32 heavy (non-hydrogen) atoms. The molecular weight excluding hydrogens is 440 g/mol. The summed E-state index contributed by atoms with van der Waals surface area (Å²) < 4.78 is 22.2. The van der Waals surface area contributed by atoms with Gasteiger partial charge >= 0.3 is 18.9 Å². The van der Waals surface area contributed by atoms with E-state index in [9.17, 15) is 19.7 Å². The third kappa shape index (κ3) is 6.39. The molecule has 0 aromatic carbocycles. The maximum Gasteiger partial charge on any atom is 1.00 e. The molecule has 1 unspecified atom stereocenters. The van der Waals surface area contributed by atoms with Crippen LogP contribution < -0.4 is 40.5 Å². The van der Waals surface area contributed by atoms with Crippen molar-refractivity contribution in [2.75, 3.05) is 30.7 Å². The van der Waals surface area contributed by atoms with Gasteiger partial charge < -0.3 is 46.0 Å². The van der Waals surface area contributed by atoms with Gasteiger partial charge in [0.2, 0.25) is 5.95 Å². The number of fused-ring (bicyclic) bond motifs is 1. The van der Waals surface area contributed by atoms with Crippen molar-refractivity contribution in [2.24, 2.45) is 5.73 Å². The fourth-order valence-corrected chi connectivity index (χ4v) is 3.70. The van der Waals surface area contributed by atoms with Crippen LogP contribution in [0.4, 0.5) is 11.8 Å². The summed E-state index contributed by atoms with van der Waals surface area (Å²) in [7, 11) is -5.03. The number of rotatable bonds is 11. The molecule has 2 aromatic rings. The van der Waals surface area contributed by atoms with Crippen molar-refractivity contribution in [1.82, 2.24) is 19.5 Å². The molecule has 3 heterocycles. The Labute approximate surface area is 196 Å². The van der Waals surface area contributed by atoms with Crippen LogP contribution in [0.15, 0.2) is 6.33 Å². The van der Waals surface area contributed by atoms with E-state index in [0.29, 0.717) is 13.1 Å². The summed E-state index contributed by atoms with van der Waals surface area (Å²) in [5, 5.41) is 24.0. The van der Waals surface area contributed by atoms with Crippen LogP contribution in [-0.2, 0) is 13.8 Å². The minimum Gasteiger partial charge on any atom is -0.756 e. The van der Waals surface area contributed by atoms with Gasteiger partial charge in [-0.1, -0.05) is 12.8 Å². The van der Waals surface area contributed by atoms with Gasteiger partial charge in [0.15, 0.2) is 23.2 Å². The van der Waals surface area contributed by atoms with Crippen molar-refractivity contribution in [3.05, 3.63) is 6.33 Å². The molecule has 0 radical (unpaired) electrons. The molecule has 0 aliphatic carbocycles. The Hall–Kier alpha value is -1.30. The number of phosphoric ester groups is 1. The van der Waals surface area contributed by atoms with E-state index in [1.165, 1.54) is 10.9 Å². The molecule has 16 heteroatoms. The van der Waals surface area contributed by atoms with Crippen LogP contribution in [0.2, 0.25) is 0 Å². The number of phosphoric acid groups is 1. The molecule has 0 bridgehead atoms. The molecule has 174 valence electrons. The van der Waals surface area contributed by atoms with Gasteiger partial charge in [0, 0.05) is 6.54 Å². The molecular formula is C16H27LiN7O7P. The molecule has 8 N–H and O–H groups in total. The number of ether oxygens (including phenoxy) is 1. The zero-order valence-electron chi connectivity index (χ0n) is 17.7. The van der Waals surface area contributed by atoms with E-state index in [1.54, 1.807) is 0 Å². The Morgan fingerprint density at radius 2 is 1.97 bits per heavy atom. The van der Waals surface area contributed by atoms with Crippen molar-refractivity contribution in [2.45, 2.75) is 50.2 Å². The Morgan fingerprint density at radius 1 is 1.25 bits per heavy atom. The summed E-state index contributed by atoms with van der Waals surface area (Å²) in [5.74, 6) is 0.408. The van der Waals surface area contributed by atoms with E-state index in [-0.39, 0.29) is 41.8 Å². The van der Waals surface area contributed by atoms with Gasteiger partial charge in [-0.3, -0.25) is 9.13 Å². The van der Waals surface area contributed by atoms with Gasteiger partial charge in [0.1, 0.15) is 24.6 Å². The summed E-state index contributed by atoms with van der Waals surface area (Å²) in [4.78, 5) is 32.1. The molecule has 0 spiro atoms. The molecule has 14 nitrogen and oxygen atoms in total. The van der Waals surface area contributed by atoms with Gasteiger partial charge in [-0.2, -0.15) is 0 Å². The van der Waals surface area contributed by atoms with Crippen LogP contribution in [-0.4, -0.2) is 72.6 Å². The number of aliphatic hydroxyl groups is 2. The van der Waals surface area contributed by atoms with E-state index in [1.807, 2.05) is 0 Å². The molecule has 2 aromatic heterocycles. The Kier molecular flexibility index (Phi) is 9.86. The average molecular weight is 467 g/mol. The maximum atomic E-state index is 10.9. The van der Waals surface area contributed by atoms with E-state index >= 15 is 0 Å². The van der Waals surface area contributed by atoms with Crippen molar-refractivity contribution in [3.63, 3.8) is 0 Å². The number of nitrogens with zero attached hydrogens (tertiary/aromatic N) is 4. The number of aromatic nitrogens is 4. The number of nitrogen functional groups attached to an aromatic ring is 1. The maximum absolute atomic E-state index is 10.9. The number of nitrogens with two attached hydrogens (primary N) is 2. The number of hydrogen-bond donors (Lipinski definition) is 6. The van der Waals surface area contributed by atoms with Crippen LogP contribution in [0, 0.1) is 0 Å². The predicted octanol–water partition coefficient (Wildman–Crippen LogP) is -4.56. The van der Waals surface area contributed by atoms with Gasteiger partial charge in [-0.05, 0) is 19.4 Å². The molecule has 1 aliphatic heterocycles. The normalized spacial score (nSPS) is 24.9. The summed E-state index contributed by atoms with van der Waals surface area (Å²) in [6, 6.07) is 0. The van der Waals surface area contributed by atoms with Gasteiger partial charge in [-0.15, -0.1) is 0 Å². The zero-order chi connectivity index (χ0) is 22.6. The second-order valence-corrected chi connectivity index (χ2v) is 8.37. The first-order chi connectivity index (χ1) is 14.7. The zero-order valence-corrected chi connectivity index (χ0v) is 18.6. The fourth-order valence-electron chi connectivity index (χ4n) is 3.36. The SMILES string of the molecule is NCCCCCCNc1nc2c(N)ncnc2n1[C@@H]1O[C@H](COP(=O)([O-])O)[C@@H](O)[C@H]1O.[Li+]. The van der Waals surface area contributed by atoms with E-state index in [0.717, 1.165) is 25.7 Å². The van der Waals surface area contributed by atoms with E-state index in [2.05, 4.69) is 24.8 Å². The van der Waals surface area contributed by atoms with Crippen molar-refractivity contribution < 1.29 is 52.7 Å². The quantitative estimate of drug-likeness (QED) is 0.104. The summed E-state index contributed by atoms with van der Waals surface area (Å²) in [5.41, 5.74) is 11.9. The monoisotopic (exact) mass is 467 g/mol. The summed E-state index contributed by atoms with van der Waals surface area (Å²) >= 11 is 0. The first kappa shape index (κ1) is 26.9. The van der Waals surface area contributed by atoms with Gasteiger partial charge in [0.05, 0.1) is 6.61 Å². The van der Waals surface area contributed by atoms with Crippen molar-refractivity contribution >= 4 is 30.8 Å². The topological polar surface area (TPSA) is 227 Å². The molecule has 0 saturated carbocycles. The average Bonchev–Trinajstić information content (AvgIpc) is 3.21. The largest absolute Gasteiger partial charge is 1.00 e. The number of nitrogens with one attached hydrogen (secondary N) is 1. The number of anilines is 2. The number of unbranched alkanes of at least 4 members (excludes halogenated alkanes) is 3. The Bertz CT molecular complexity index is 930.